The van der Waals surface area contributed by atoms with Crippen molar-refractivity contribution < 1.29 is 4.74 Å². The van der Waals surface area contributed by atoms with E-state index in [1.807, 2.05) is 6.92 Å². The van der Waals surface area contributed by atoms with Crippen LogP contribution in [0.4, 0.5) is 0 Å². The number of hydrogen-bond donors (Lipinski definition) is 2. The Morgan fingerprint density at radius 2 is 1.80 bits per heavy atom. The highest BCUT2D eigenvalue weighted by atomic mass is 35.5. The van der Waals surface area contributed by atoms with Crippen molar-refractivity contribution >= 4 is 18.2 Å². The molecule has 0 bridgehead atoms. The van der Waals surface area contributed by atoms with E-state index in [-0.39, 0.29) is 18.2 Å². The van der Waals surface area contributed by atoms with Gasteiger partial charge in [0.05, 0.1) is 5.84 Å². The second-order valence-electron chi connectivity index (χ2n) is 1.68. The van der Waals surface area contributed by atoms with Gasteiger partial charge in [-0.3, -0.25) is 5.41 Å². The Balaban J connectivity index is -0.000000107. The van der Waals surface area contributed by atoms with Crippen LogP contribution in [0.25, 0.3) is 0 Å². The molecule has 0 unspecified atom stereocenters. The Morgan fingerprint density at radius 3 is 1.80 bits per heavy atom. The summed E-state index contributed by atoms with van der Waals surface area (Å²) in [5.41, 5.74) is 4.99. The first-order valence-corrected chi connectivity index (χ1v) is 2.92. The molecular weight excluding hydrogens is 152 g/mol. The van der Waals surface area contributed by atoms with Crippen LogP contribution in [-0.4, -0.2) is 20.1 Å². The quantitative estimate of drug-likeness (QED) is 0.484. The molecule has 0 saturated heterocycles. The molecule has 0 heterocycles. The minimum absolute atomic E-state index is 0. The van der Waals surface area contributed by atoms with Crippen LogP contribution in [0.5, 0.6) is 0 Å². The molecule has 0 radical (unpaired) electrons. The highest BCUT2D eigenvalue weighted by Crippen LogP contribution is 1.80. The lowest BCUT2D eigenvalue weighted by molar-refractivity contribution is 0.277. The second-order valence-corrected chi connectivity index (χ2v) is 1.68. The standard InChI is InChI=1S/C4H10N2.C2H6O.ClH/c1-2-3-4(5)6;1-3-2;/h2-3H2,1H3,(H3,5,6);1-2H3;1H. The molecule has 0 spiro atoms. The molecule has 0 aliphatic carbocycles. The number of hydrogen-bond acceptors (Lipinski definition) is 2. The van der Waals surface area contributed by atoms with Gasteiger partial charge in [-0.1, -0.05) is 6.92 Å². The Labute approximate surface area is 68.9 Å². The molecule has 10 heavy (non-hydrogen) atoms. The summed E-state index contributed by atoms with van der Waals surface area (Å²) >= 11 is 0. The van der Waals surface area contributed by atoms with Gasteiger partial charge in [0.1, 0.15) is 0 Å². The number of ether oxygens (including phenoxy) is 1. The van der Waals surface area contributed by atoms with Crippen molar-refractivity contribution in [3.63, 3.8) is 0 Å². The number of nitrogens with one attached hydrogen (secondary N) is 1. The van der Waals surface area contributed by atoms with Gasteiger partial charge in [-0.2, -0.15) is 0 Å². The smallest absolute Gasteiger partial charge is 0.0905 e. The molecule has 4 heteroatoms. The molecule has 0 aromatic heterocycles. The first-order chi connectivity index (χ1) is 4.18. The number of methoxy groups -OCH3 is 1. The first-order valence-electron chi connectivity index (χ1n) is 2.92. The Kier molecular flexibility index (Phi) is 26.0. The van der Waals surface area contributed by atoms with Crippen molar-refractivity contribution in [1.82, 2.24) is 0 Å². The van der Waals surface area contributed by atoms with Crippen LogP contribution >= 0.6 is 12.4 Å². The average molecular weight is 169 g/mol. The number of halogens is 1. The van der Waals surface area contributed by atoms with Gasteiger partial charge in [0.25, 0.3) is 0 Å². The monoisotopic (exact) mass is 168 g/mol. The SMILES string of the molecule is CCCC(=N)N.COC.Cl. The van der Waals surface area contributed by atoms with Gasteiger partial charge >= 0.3 is 0 Å². The maximum absolute atomic E-state index is 6.67. The van der Waals surface area contributed by atoms with E-state index in [1.54, 1.807) is 14.2 Å². The summed E-state index contributed by atoms with van der Waals surface area (Å²) in [6, 6.07) is 0. The van der Waals surface area contributed by atoms with E-state index in [2.05, 4.69) is 4.74 Å². The molecule has 0 aromatic carbocycles. The van der Waals surface area contributed by atoms with Crippen LogP contribution in [0, 0.1) is 5.41 Å². The molecule has 3 N–H and O–H groups in total. The fourth-order valence-corrected chi connectivity index (χ4v) is 0.269. The van der Waals surface area contributed by atoms with Gasteiger partial charge in [-0.05, 0) is 6.42 Å². The van der Waals surface area contributed by atoms with E-state index in [4.69, 9.17) is 11.1 Å². The molecule has 0 aromatic rings. The highest BCUT2D eigenvalue weighted by molar-refractivity contribution is 5.85. The summed E-state index contributed by atoms with van der Waals surface area (Å²) in [4.78, 5) is 0. The van der Waals surface area contributed by atoms with Gasteiger partial charge in [0, 0.05) is 20.6 Å². The first kappa shape index (κ1) is 16.4. The molecule has 3 nitrogen and oxygen atoms in total. The third-order valence-corrected chi connectivity index (χ3v) is 0.519. The molecule has 0 aliphatic heterocycles. The molecule has 0 aliphatic rings. The van der Waals surface area contributed by atoms with E-state index < -0.39 is 0 Å². The molecule has 0 amide bonds. The zero-order valence-corrected chi connectivity index (χ0v) is 7.62. The van der Waals surface area contributed by atoms with Crippen molar-refractivity contribution in [2.24, 2.45) is 5.73 Å². The lowest BCUT2D eigenvalue weighted by Crippen LogP contribution is -2.07. The molecule has 0 atom stereocenters. The minimum Gasteiger partial charge on any atom is -0.388 e. The fourth-order valence-electron chi connectivity index (χ4n) is 0.269. The van der Waals surface area contributed by atoms with Crippen LogP contribution in [0.3, 0.4) is 0 Å². The normalized spacial score (nSPS) is 6.70. The van der Waals surface area contributed by atoms with Gasteiger partial charge < -0.3 is 10.5 Å². The van der Waals surface area contributed by atoms with Crippen LogP contribution in [0.2, 0.25) is 0 Å². The maximum atomic E-state index is 6.67. The second kappa shape index (κ2) is 15.9. The van der Waals surface area contributed by atoms with Crippen molar-refractivity contribution in [3.8, 4) is 0 Å². The van der Waals surface area contributed by atoms with Crippen LogP contribution in [0.15, 0.2) is 0 Å². The largest absolute Gasteiger partial charge is 0.388 e. The van der Waals surface area contributed by atoms with Crippen molar-refractivity contribution in [2.45, 2.75) is 19.8 Å². The highest BCUT2D eigenvalue weighted by Gasteiger charge is 1.79. The van der Waals surface area contributed by atoms with Gasteiger partial charge in [0.15, 0.2) is 0 Å². The third-order valence-electron chi connectivity index (χ3n) is 0.519. The predicted molar refractivity (Wildman–Crippen MR) is 47.0 cm³/mol. The summed E-state index contributed by atoms with van der Waals surface area (Å²) in [5.74, 6) is 0.289. The minimum atomic E-state index is 0. The van der Waals surface area contributed by atoms with E-state index in [9.17, 15) is 0 Å². The Hall–Kier alpha value is -0.280. The zero-order valence-electron chi connectivity index (χ0n) is 6.81. The topological polar surface area (TPSA) is 59.1 Å². The van der Waals surface area contributed by atoms with Gasteiger partial charge in [0.2, 0.25) is 0 Å². The van der Waals surface area contributed by atoms with Gasteiger partial charge in [-0.25, -0.2) is 0 Å². The van der Waals surface area contributed by atoms with Crippen molar-refractivity contribution in [2.75, 3.05) is 14.2 Å². The predicted octanol–water partition coefficient (Wildman–Crippen LogP) is 1.41. The Bertz CT molecular complexity index is 68.8. The summed E-state index contributed by atoms with van der Waals surface area (Å²) in [5, 5.41) is 6.67. The van der Waals surface area contributed by atoms with E-state index >= 15 is 0 Å². The number of nitrogens with two attached hydrogens (primary N) is 1. The number of amidine groups is 1. The van der Waals surface area contributed by atoms with Crippen LogP contribution in [0.1, 0.15) is 19.8 Å². The Morgan fingerprint density at radius 1 is 1.50 bits per heavy atom. The fraction of sp³-hybridized carbons (Fsp3) is 0.833. The van der Waals surface area contributed by atoms with E-state index in [1.165, 1.54) is 0 Å². The molecule has 64 valence electrons. The zero-order chi connectivity index (χ0) is 7.70. The summed E-state index contributed by atoms with van der Waals surface area (Å²) in [6.45, 7) is 2.00. The maximum Gasteiger partial charge on any atom is 0.0905 e. The lowest BCUT2D eigenvalue weighted by atomic mass is 10.3. The molecule has 0 saturated carbocycles. The van der Waals surface area contributed by atoms with Crippen molar-refractivity contribution in [3.05, 3.63) is 0 Å². The van der Waals surface area contributed by atoms with Crippen LogP contribution < -0.4 is 5.73 Å². The number of rotatable bonds is 2. The summed E-state index contributed by atoms with van der Waals surface area (Å²) in [6.07, 6.45) is 1.72. The van der Waals surface area contributed by atoms with Crippen LogP contribution in [-0.2, 0) is 4.74 Å². The molecule has 0 fully saturated rings. The van der Waals surface area contributed by atoms with Crippen molar-refractivity contribution in [1.29, 1.82) is 5.41 Å². The van der Waals surface area contributed by atoms with E-state index in [0.29, 0.717) is 0 Å². The third kappa shape index (κ3) is 47.1. The molecule has 0 rings (SSSR count). The molecular formula is C6H17ClN2O. The lowest BCUT2D eigenvalue weighted by Gasteiger charge is -1.85. The van der Waals surface area contributed by atoms with E-state index in [0.717, 1.165) is 12.8 Å². The van der Waals surface area contributed by atoms with Gasteiger partial charge in [-0.15, -0.1) is 12.4 Å². The average Bonchev–Trinajstić information content (AvgIpc) is 1.67. The summed E-state index contributed by atoms with van der Waals surface area (Å²) in [7, 11) is 3.25. The summed E-state index contributed by atoms with van der Waals surface area (Å²) < 4.78 is 4.25.